The summed E-state index contributed by atoms with van der Waals surface area (Å²) in [6.07, 6.45) is -7.05. The normalized spacial score (nSPS) is 13.2. The number of aromatic nitrogens is 1. The van der Waals surface area contributed by atoms with Crippen LogP contribution in [0.2, 0.25) is 0 Å². The first-order valence-corrected chi connectivity index (χ1v) is 8.12. The van der Waals surface area contributed by atoms with Crippen LogP contribution >= 0.6 is 11.3 Å². The Morgan fingerprint density at radius 3 is 1.97 bits per heavy atom. The molecule has 0 atom stereocenters. The summed E-state index contributed by atoms with van der Waals surface area (Å²) in [7, 11) is 0. The highest BCUT2D eigenvalue weighted by atomic mass is 32.1. The van der Waals surface area contributed by atoms with E-state index in [-0.39, 0.29) is 16.9 Å². The maximum atomic E-state index is 13.5. The standard InChI is InChI=1S/C14H6F9N3O3S/c15-11(16,12(17,18)13(19,20)14(21,22)23)9(27)25-10-24-8(5-30-10)6-1-3-7(4-2-6)26(28)29/h1-5H,(H,24,25,27). The molecule has 0 saturated carbocycles. The Kier molecular flexibility index (Phi) is 5.77. The van der Waals surface area contributed by atoms with E-state index in [9.17, 15) is 54.4 Å². The molecule has 2 rings (SSSR count). The minimum atomic E-state index is -7.20. The topological polar surface area (TPSA) is 85.1 Å². The van der Waals surface area contributed by atoms with Gasteiger partial charge < -0.3 is 0 Å². The number of nitro benzene ring substituents is 1. The summed E-state index contributed by atoms with van der Waals surface area (Å²) in [5.74, 6) is -23.9. The number of amides is 1. The molecule has 0 aliphatic heterocycles. The summed E-state index contributed by atoms with van der Waals surface area (Å²) in [6.45, 7) is 0. The van der Waals surface area contributed by atoms with Gasteiger partial charge >= 0.3 is 29.9 Å². The molecular weight excluding hydrogens is 461 g/mol. The molecule has 0 radical (unpaired) electrons. The molecule has 1 amide bonds. The molecular formula is C14H6F9N3O3S. The molecule has 1 aromatic carbocycles. The van der Waals surface area contributed by atoms with Gasteiger partial charge in [-0.1, -0.05) is 0 Å². The third kappa shape index (κ3) is 3.90. The van der Waals surface area contributed by atoms with Gasteiger partial charge in [0.25, 0.3) is 5.69 Å². The molecule has 16 heteroatoms. The number of hydrogen-bond donors (Lipinski definition) is 1. The zero-order valence-corrected chi connectivity index (χ0v) is 14.6. The van der Waals surface area contributed by atoms with Crippen LogP contribution in [0.15, 0.2) is 29.6 Å². The second kappa shape index (κ2) is 7.41. The lowest BCUT2D eigenvalue weighted by atomic mass is 10.0. The molecule has 0 saturated heterocycles. The lowest BCUT2D eigenvalue weighted by Gasteiger charge is -2.32. The van der Waals surface area contributed by atoms with E-state index in [1.165, 1.54) is 12.1 Å². The second-order valence-electron chi connectivity index (χ2n) is 5.52. The lowest BCUT2D eigenvalue weighted by molar-refractivity contribution is -0.388. The molecule has 0 fully saturated rings. The molecule has 0 aliphatic carbocycles. The first-order chi connectivity index (χ1) is 13.5. The molecule has 1 heterocycles. The minimum absolute atomic E-state index is 0.0825. The van der Waals surface area contributed by atoms with Crippen molar-refractivity contribution in [2.45, 2.75) is 23.9 Å². The number of halogens is 9. The number of carbonyl (C=O) groups is 1. The number of nitro groups is 1. The Balaban J connectivity index is 2.24. The smallest absolute Gasteiger partial charge is 0.296 e. The highest BCUT2D eigenvalue weighted by molar-refractivity contribution is 7.14. The zero-order valence-electron chi connectivity index (χ0n) is 13.8. The average Bonchev–Trinajstić information content (AvgIpc) is 3.08. The Labute approximate surface area is 163 Å². The quantitative estimate of drug-likeness (QED) is 0.363. The summed E-state index contributed by atoms with van der Waals surface area (Å²) >= 11 is 0.358. The summed E-state index contributed by atoms with van der Waals surface area (Å²) in [5, 5.41) is 11.9. The fourth-order valence-corrected chi connectivity index (χ4v) is 2.63. The highest BCUT2D eigenvalue weighted by Crippen LogP contribution is 2.53. The third-order valence-electron chi connectivity index (χ3n) is 3.53. The Bertz CT molecular complexity index is 958. The van der Waals surface area contributed by atoms with Gasteiger partial charge in [-0.15, -0.1) is 11.3 Å². The van der Waals surface area contributed by atoms with Crippen molar-refractivity contribution in [3.8, 4) is 11.3 Å². The van der Waals surface area contributed by atoms with Crippen molar-refractivity contribution in [1.82, 2.24) is 4.98 Å². The highest BCUT2D eigenvalue weighted by Gasteiger charge is 2.83. The Morgan fingerprint density at radius 1 is 0.967 bits per heavy atom. The Morgan fingerprint density at radius 2 is 1.50 bits per heavy atom. The number of rotatable bonds is 6. The molecule has 164 valence electrons. The van der Waals surface area contributed by atoms with E-state index in [1.807, 2.05) is 0 Å². The van der Waals surface area contributed by atoms with Crippen LogP contribution in [0.1, 0.15) is 0 Å². The molecule has 0 bridgehead atoms. The average molecular weight is 467 g/mol. The fourth-order valence-electron chi connectivity index (χ4n) is 1.91. The van der Waals surface area contributed by atoms with Gasteiger partial charge in [0.05, 0.1) is 10.6 Å². The number of carbonyl (C=O) groups excluding carboxylic acids is 1. The predicted octanol–water partition coefficient (Wildman–Crippen LogP) is 5.13. The van der Waals surface area contributed by atoms with E-state index in [0.717, 1.165) is 22.8 Å². The largest absolute Gasteiger partial charge is 0.460 e. The van der Waals surface area contributed by atoms with Gasteiger partial charge in [-0.3, -0.25) is 20.2 Å². The van der Waals surface area contributed by atoms with Crippen LogP contribution in [0.25, 0.3) is 11.3 Å². The Hall–Kier alpha value is -2.91. The number of alkyl halides is 9. The molecule has 0 unspecified atom stereocenters. The summed E-state index contributed by atoms with van der Waals surface area (Å²) in [6, 6.07) is 4.43. The van der Waals surface area contributed by atoms with Crippen molar-refractivity contribution in [3.63, 3.8) is 0 Å². The SMILES string of the molecule is O=C(Nc1nc(-c2ccc([N+](=O)[O-])cc2)cs1)C(F)(F)C(F)(F)C(F)(F)C(F)(F)F. The predicted molar refractivity (Wildman–Crippen MR) is 83.7 cm³/mol. The number of benzene rings is 1. The maximum absolute atomic E-state index is 13.5. The van der Waals surface area contributed by atoms with Crippen molar-refractivity contribution >= 4 is 28.1 Å². The van der Waals surface area contributed by atoms with Crippen LogP contribution in [0, 0.1) is 10.1 Å². The fraction of sp³-hybridized carbons (Fsp3) is 0.286. The van der Waals surface area contributed by atoms with Crippen LogP contribution in [0.5, 0.6) is 0 Å². The minimum Gasteiger partial charge on any atom is -0.296 e. The molecule has 1 N–H and O–H groups in total. The number of nitrogens with zero attached hydrogens (tertiary/aromatic N) is 2. The van der Waals surface area contributed by atoms with Crippen molar-refractivity contribution in [1.29, 1.82) is 0 Å². The van der Waals surface area contributed by atoms with Gasteiger partial charge in [0.1, 0.15) is 0 Å². The lowest BCUT2D eigenvalue weighted by Crippen LogP contribution is -2.64. The first-order valence-electron chi connectivity index (χ1n) is 7.24. The monoisotopic (exact) mass is 467 g/mol. The molecule has 6 nitrogen and oxygen atoms in total. The number of hydrogen-bond acceptors (Lipinski definition) is 5. The summed E-state index contributed by atoms with van der Waals surface area (Å²) < 4.78 is 115. The number of non-ortho nitro benzene ring substituents is 1. The molecule has 0 aliphatic rings. The molecule has 2 aromatic rings. The molecule has 1 aromatic heterocycles. The van der Waals surface area contributed by atoms with Crippen LogP contribution < -0.4 is 5.32 Å². The van der Waals surface area contributed by atoms with Gasteiger partial charge in [0.15, 0.2) is 5.13 Å². The van der Waals surface area contributed by atoms with Gasteiger partial charge in [-0.2, -0.15) is 39.5 Å². The molecule has 0 spiro atoms. The van der Waals surface area contributed by atoms with Crippen LogP contribution in [-0.2, 0) is 4.79 Å². The van der Waals surface area contributed by atoms with Crippen LogP contribution in [0.3, 0.4) is 0 Å². The van der Waals surface area contributed by atoms with E-state index in [1.54, 1.807) is 0 Å². The molecule has 30 heavy (non-hydrogen) atoms. The van der Waals surface area contributed by atoms with Gasteiger partial charge in [0.2, 0.25) is 0 Å². The van der Waals surface area contributed by atoms with E-state index in [2.05, 4.69) is 4.98 Å². The van der Waals surface area contributed by atoms with E-state index < -0.39 is 39.9 Å². The van der Waals surface area contributed by atoms with E-state index in [0.29, 0.717) is 11.3 Å². The second-order valence-corrected chi connectivity index (χ2v) is 6.38. The van der Waals surface area contributed by atoms with E-state index >= 15 is 0 Å². The van der Waals surface area contributed by atoms with Gasteiger partial charge in [-0.25, -0.2) is 4.98 Å². The zero-order chi connectivity index (χ0) is 23.1. The first kappa shape index (κ1) is 23.4. The van der Waals surface area contributed by atoms with Crippen molar-refractivity contribution in [2.24, 2.45) is 0 Å². The van der Waals surface area contributed by atoms with Crippen molar-refractivity contribution in [3.05, 3.63) is 39.8 Å². The van der Waals surface area contributed by atoms with Crippen LogP contribution in [-0.4, -0.2) is 39.8 Å². The van der Waals surface area contributed by atoms with Gasteiger partial charge in [0, 0.05) is 23.1 Å². The van der Waals surface area contributed by atoms with Crippen molar-refractivity contribution < 1.29 is 49.2 Å². The third-order valence-corrected chi connectivity index (χ3v) is 4.29. The number of thiazole rings is 1. The maximum Gasteiger partial charge on any atom is 0.460 e. The van der Waals surface area contributed by atoms with Crippen LogP contribution in [0.4, 0.5) is 50.3 Å². The van der Waals surface area contributed by atoms with Gasteiger partial charge in [-0.05, 0) is 12.1 Å². The van der Waals surface area contributed by atoms with E-state index in [4.69, 9.17) is 0 Å². The number of anilines is 1. The number of nitrogens with one attached hydrogen (secondary N) is 1. The summed E-state index contributed by atoms with van der Waals surface area (Å²) in [5.41, 5.74) is -0.228. The van der Waals surface area contributed by atoms with Crippen molar-refractivity contribution in [2.75, 3.05) is 5.32 Å². The summed E-state index contributed by atoms with van der Waals surface area (Å²) in [4.78, 5) is 24.7.